The lowest BCUT2D eigenvalue weighted by Gasteiger charge is -2.32. The van der Waals surface area contributed by atoms with Gasteiger partial charge in [0.05, 0.1) is 23.9 Å². The van der Waals surface area contributed by atoms with Crippen molar-refractivity contribution in [3.05, 3.63) is 17.0 Å². The van der Waals surface area contributed by atoms with E-state index < -0.39 is 0 Å². The van der Waals surface area contributed by atoms with Crippen LogP contribution in [-0.2, 0) is 16.0 Å². The quantitative estimate of drug-likeness (QED) is 0.898. The van der Waals surface area contributed by atoms with E-state index in [1.807, 2.05) is 13.8 Å². The van der Waals surface area contributed by atoms with Crippen LogP contribution in [0.4, 0.5) is 0 Å². The Morgan fingerprint density at radius 3 is 2.82 bits per heavy atom. The Morgan fingerprint density at radius 2 is 2.14 bits per heavy atom. The van der Waals surface area contributed by atoms with Gasteiger partial charge in [-0.3, -0.25) is 9.89 Å². The van der Waals surface area contributed by atoms with Gasteiger partial charge in [0, 0.05) is 18.5 Å². The van der Waals surface area contributed by atoms with E-state index in [2.05, 4.69) is 15.5 Å². The molecule has 3 rings (SSSR count). The smallest absolute Gasteiger partial charge is 0.220 e. The lowest BCUT2D eigenvalue weighted by Crippen LogP contribution is -2.37. The van der Waals surface area contributed by atoms with Gasteiger partial charge in [-0.15, -0.1) is 0 Å². The van der Waals surface area contributed by atoms with E-state index in [0.717, 1.165) is 36.2 Å². The summed E-state index contributed by atoms with van der Waals surface area (Å²) in [5.41, 5.74) is 3.31. The summed E-state index contributed by atoms with van der Waals surface area (Å²) in [5.74, 6) is 0.113. The molecule has 2 aliphatic rings. The van der Waals surface area contributed by atoms with Gasteiger partial charge in [0.2, 0.25) is 5.91 Å². The zero-order valence-electron chi connectivity index (χ0n) is 13.7. The summed E-state index contributed by atoms with van der Waals surface area (Å²) in [6, 6.07) is 0.188. The predicted molar refractivity (Wildman–Crippen MR) is 84.7 cm³/mol. The second-order valence-corrected chi connectivity index (χ2v) is 6.94. The third-order valence-corrected chi connectivity index (χ3v) is 5.28. The van der Waals surface area contributed by atoms with Crippen LogP contribution >= 0.6 is 0 Å². The lowest BCUT2D eigenvalue weighted by atomic mass is 9.82. The summed E-state index contributed by atoms with van der Waals surface area (Å²) in [5, 5.41) is 10.4. The number of aryl methyl sites for hydroxylation is 2. The van der Waals surface area contributed by atoms with Crippen LogP contribution < -0.4 is 5.32 Å². The largest absolute Gasteiger partial charge is 0.373 e. The van der Waals surface area contributed by atoms with Crippen LogP contribution in [0, 0.1) is 13.8 Å². The van der Waals surface area contributed by atoms with Crippen LogP contribution in [0.2, 0.25) is 0 Å². The van der Waals surface area contributed by atoms with Crippen molar-refractivity contribution in [2.45, 2.75) is 76.9 Å². The zero-order valence-corrected chi connectivity index (χ0v) is 13.7. The van der Waals surface area contributed by atoms with Gasteiger partial charge in [-0.2, -0.15) is 5.10 Å². The Bertz CT molecular complexity index is 532. The van der Waals surface area contributed by atoms with Gasteiger partial charge in [-0.1, -0.05) is 19.3 Å². The Labute approximate surface area is 132 Å². The van der Waals surface area contributed by atoms with Crippen molar-refractivity contribution >= 4 is 5.91 Å². The molecular formula is C17H27N3O2. The molecule has 0 aromatic carbocycles. The molecule has 0 radical (unpaired) electrons. The third kappa shape index (κ3) is 3.35. The highest BCUT2D eigenvalue weighted by Crippen LogP contribution is 2.39. The monoisotopic (exact) mass is 305 g/mol. The first-order chi connectivity index (χ1) is 10.6. The molecule has 1 aliphatic carbocycles. The minimum absolute atomic E-state index is 0.0616. The first-order valence-electron chi connectivity index (χ1n) is 8.52. The van der Waals surface area contributed by atoms with Crippen LogP contribution in [0.5, 0.6) is 0 Å². The van der Waals surface area contributed by atoms with Crippen LogP contribution in [0.1, 0.15) is 61.9 Å². The number of carbonyl (C=O) groups excluding carboxylic acids is 1. The molecular weight excluding hydrogens is 278 g/mol. The summed E-state index contributed by atoms with van der Waals surface area (Å²) in [6.07, 6.45) is 8.34. The number of aromatic nitrogens is 2. The second kappa shape index (κ2) is 6.41. The molecule has 0 bridgehead atoms. The van der Waals surface area contributed by atoms with Crippen molar-refractivity contribution in [1.29, 1.82) is 0 Å². The average molecular weight is 305 g/mol. The summed E-state index contributed by atoms with van der Waals surface area (Å²) < 4.78 is 6.05. The highest BCUT2D eigenvalue weighted by Gasteiger charge is 2.41. The van der Waals surface area contributed by atoms with Crippen molar-refractivity contribution in [3.63, 3.8) is 0 Å². The highest BCUT2D eigenvalue weighted by atomic mass is 16.5. The van der Waals surface area contributed by atoms with Crippen molar-refractivity contribution in [2.75, 3.05) is 6.61 Å². The van der Waals surface area contributed by atoms with E-state index in [-0.39, 0.29) is 17.6 Å². The lowest BCUT2D eigenvalue weighted by molar-refractivity contribution is -0.121. The van der Waals surface area contributed by atoms with Crippen LogP contribution in [0.15, 0.2) is 0 Å². The number of H-pyrrole nitrogens is 1. The Hall–Kier alpha value is -1.36. The standard InChI is InChI=1S/C17H27N3O2/c1-12-13(2)19-20-15(12)6-7-16(21)18-14-10-17(22-11-14)8-4-3-5-9-17/h14H,3-11H2,1-2H3,(H,18,21)(H,19,20)/t14-/m1/s1. The molecule has 1 saturated carbocycles. The van der Waals surface area contributed by atoms with Crippen molar-refractivity contribution in [3.8, 4) is 0 Å². The van der Waals surface area contributed by atoms with Crippen molar-refractivity contribution < 1.29 is 9.53 Å². The molecule has 22 heavy (non-hydrogen) atoms. The number of rotatable bonds is 4. The first-order valence-corrected chi connectivity index (χ1v) is 8.52. The van der Waals surface area contributed by atoms with Crippen LogP contribution in [0.3, 0.4) is 0 Å². The molecule has 2 fully saturated rings. The zero-order chi connectivity index (χ0) is 15.6. The van der Waals surface area contributed by atoms with Gasteiger partial charge < -0.3 is 10.1 Å². The van der Waals surface area contributed by atoms with Gasteiger partial charge in [0.1, 0.15) is 0 Å². The van der Waals surface area contributed by atoms with E-state index in [1.165, 1.54) is 19.3 Å². The number of hydrogen-bond donors (Lipinski definition) is 2. The molecule has 1 spiro atoms. The fraction of sp³-hybridized carbons (Fsp3) is 0.765. The fourth-order valence-electron chi connectivity index (χ4n) is 3.79. The van der Waals surface area contributed by atoms with Crippen molar-refractivity contribution in [1.82, 2.24) is 15.5 Å². The topological polar surface area (TPSA) is 67.0 Å². The number of ether oxygens (including phenoxy) is 1. The number of aromatic amines is 1. The van der Waals surface area contributed by atoms with Gasteiger partial charge >= 0.3 is 0 Å². The van der Waals surface area contributed by atoms with Gasteiger partial charge in [0.25, 0.3) is 0 Å². The maximum absolute atomic E-state index is 12.2. The summed E-state index contributed by atoms with van der Waals surface area (Å²) >= 11 is 0. The molecule has 2 N–H and O–H groups in total. The summed E-state index contributed by atoms with van der Waals surface area (Å²) in [7, 11) is 0. The maximum Gasteiger partial charge on any atom is 0.220 e. The molecule has 5 heteroatoms. The van der Waals surface area contributed by atoms with Crippen molar-refractivity contribution in [2.24, 2.45) is 0 Å². The molecule has 122 valence electrons. The van der Waals surface area contributed by atoms with Gasteiger partial charge in [-0.05, 0) is 38.7 Å². The first kappa shape index (κ1) is 15.5. The van der Waals surface area contributed by atoms with Crippen LogP contribution in [-0.4, -0.2) is 34.4 Å². The predicted octanol–water partition coefficient (Wildman–Crippen LogP) is 2.57. The SMILES string of the molecule is Cc1[nH]nc(CCC(=O)N[C@H]2COC3(CCCCC3)C2)c1C. The molecule has 1 aromatic rings. The molecule has 1 amide bonds. The third-order valence-electron chi connectivity index (χ3n) is 5.28. The van der Waals surface area contributed by atoms with E-state index in [0.29, 0.717) is 19.4 Å². The fourth-order valence-corrected chi connectivity index (χ4v) is 3.79. The van der Waals surface area contributed by atoms with Gasteiger partial charge in [0.15, 0.2) is 0 Å². The minimum Gasteiger partial charge on any atom is -0.373 e. The summed E-state index contributed by atoms with van der Waals surface area (Å²) in [4.78, 5) is 12.2. The van der Waals surface area contributed by atoms with E-state index >= 15 is 0 Å². The van der Waals surface area contributed by atoms with E-state index in [9.17, 15) is 4.79 Å². The molecule has 1 atom stereocenters. The molecule has 5 nitrogen and oxygen atoms in total. The number of nitrogens with one attached hydrogen (secondary N) is 2. The number of hydrogen-bond acceptors (Lipinski definition) is 3. The number of carbonyl (C=O) groups is 1. The normalized spacial score (nSPS) is 23.8. The van der Waals surface area contributed by atoms with E-state index in [1.54, 1.807) is 0 Å². The molecule has 1 aromatic heterocycles. The molecule has 2 heterocycles. The van der Waals surface area contributed by atoms with Crippen LogP contribution in [0.25, 0.3) is 0 Å². The average Bonchev–Trinajstić information content (AvgIpc) is 3.03. The minimum atomic E-state index is 0.0616. The number of amides is 1. The molecule has 0 unspecified atom stereocenters. The van der Waals surface area contributed by atoms with E-state index in [4.69, 9.17) is 4.74 Å². The Kier molecular flexibility index (Phi) is 4.52. The highest BCUT2D eigenvalue weighted by molar-refractivity contribution is 5.76. The summed E-state index contributed by atoms with van der Waals surface area (Å²) in [6.45, 7) is 4.72. The maximum atomic E-state index is 12.2. The molecule has 1 saturated heterocycles. The van der Waals surface area contributed by atoms with Gasteiger partial charge in [-0.25, -0.2) is 0 Å². The number of nitrogens with zero attached hydrogens (tertiary/aromatic N) is 1. The second-order valence-electron chi connectivity index (χ2n) is 6.94. The Morgan fingerprint density at radius 1 is 1.36 bits per heavy atom. The molecule has 1 aliphatic heterocycles. The Balaban J connectivity index is 1.45.